The molecule has 4 aromatic carbocycles. The van der Waals surface area contributed by atoms with Crippen molar-refractivity contribution < 1.29 is 19.8 Å². The molecule has 1 heterocycles. The zero-order valence-electron chi connectivity index (χ0n) is 20.9. The van der Waals surface area contributed by atoms with E-state index >= 15 is 0 Å². The van der Waals surface area contributed by atoms with E-state index in [-0.39, 0.29) is 12.2 Å². The van der Waals surface area contributed by atoms with Crippen LogP contribution in [0.1, 0.15) is 37.5 Å². The zero-order valence-corrected chi connectivity index (χ0v) is 21.7. The average molecular weight is 532 g/mol. The summed E-state index contributed by atoms with van der Waals surface area (Å²) < 4.78 is 0.918. The number of phenols is 1. The van der Waals surface area contributed by atoms with Crippen molar-refractivity contribution in [3.63, 3.8) is 0 Å². The average Bonchev–Trinajstić information content (AvgIpc) is 3.38. The standard InChI is InChI=1S/C33H25NO4S/c35-28-15-14-25(26(19-28)17-23-9-5-2-6-10-23)20-29(33(37)38)34-32(36)31-21-27-18-24(13-16-30(27)39-31)12-11-22-7-3-1-4-8-22/h1-10,13-16,18-19,21,29,35H,17,20H2,(H,34,36)(H,37,38)/t29-/m0/s1. The summed E-state index contributed by atoms with van der Waals surface area (Å²) in [5, 5.41) is 23.5. The zero-order chi connectivity index (χ0) is 27.2. The summed E-state index contributed by atoms with van der Waals surface area (Å²) in [5.74, 6) is 4.83. The van der Waals surface area contributed by atoms with Crippen molar-refractivity contribution in [1.29, 1.82) is 0 Å². The van der Waals surface area contributed by atoms with Gasteiger partial charge >= 0.3 is 5.97 Å². The smallest absolute Gasteiger partial charge is 0.326 e. The number of hydrogen-bond donors (Lipinski definition) is 3. The predicted molar refractivity (Wildman–Crippen MR) is 154 cm³/mol. The molecule has 1 amide bonds. The molecule has 39 heavy (non-hydrogen) atoms. The number of hydrogen-bond acceptors (Lipinski definition) is 4. The fraction of sp³-hybridized carbons (Fsp3) is 0.0909. The first-order valence-electron chi connectivity index (χ1n) is 12.4. The lowest BCUT2D eigenvalue weighted by Crippen LogP contribution is -2.42. The van der Waals surface area contributed by atoms with Crippen LogP contribution in [0, 0.1) is 11.8 Å². The molecule has 6 heteroatoms. The van der Waals surface area contributed by atoms with Gasteiger partial charge in [0.1, 0.15) is 11.8 Å². The van der Waals surface area contributed by atoms with E-state index in [2.05, 4.69) is 17.2 Å². The molecule has 0 unspecified atom stereocenters. The number of amides is 1. The molecule has 0 aliphatic rings. The molecule has 5 aromatic rings. The fourth-order valence-electron chi connectivity index (χ4n) is 4.34. The number of aromatic hydroxyl groups is 1. The normalized spacial score (nSPS) is 11.4. The number of fused-ring (bicyclic) bond motifs is 1. The van der Waals surface area contributed by atoms with E-state index in [4.69, 9.17) is 0 Å². The quantitative estimate of drug-likeness (QED) is 0.224. The molecule has 0 bridgehead atoms. The molecule has 0 radical (unpaired) electrons. The number of benzene rings is 4. The maximum atomic E-state index is 13.1. The molecular formula is C33H25NO4S. The predicted octanol–water partition coefficient (Wildman–Crippen LogP) is 6.02. The van der Waals surface area contributed by atoms with Crippen LogP contribution in [0.3, 0.4) is 0 Å². The summed E-state index contributed by atoms with van der Waals surface area (Å²) in [6, 6.07) is 30.8. The van der Waals surface area contributed by atoms with Gasteiger partial charge in [0.15, 0.2) is 0 Å². The lowest BCUT2D eigenvalue weighted by molar-refractivity contribution is -0.139. The molecule has 3 N–H and O–H groups in total. The van der Waals surface area contributed by atoms with Gasteiger partial charge < -0.3 is 15.5 Å². The Kier molecular flexibility index (Phi) is 7.72. The molecule has 0 saturated carbocycles. The number of carboxylic acids is 1. The molecule has 0 fully saturated rings. The third-order valence-electron chi connectivity index (χ3n) is 6.32. The topological polar surface area (TPSA) is 86.6 Å². The Bertz CT molecular complexity index is 1700. The van der Waals surface area contributed by atoms with Gasteiger partial charge in [0, 0.05) is 22.2 Å². The molecule has 0 spiro atoms. The number of rotatable bonds is 7. The van der Waals surface area contributed by atoms with Crippen LogP contribution >= 0.6 is 11.3 Å². The van der Waals surface area contributed by atoms with Crippen LogP contribution in [-0.2, 0) is 17.6 Å². The molecule has 5 nitrogen and oxygen atoms in total. The number of phenolic OH excluding ortho intramolecular Hbond substituents is 1. The van der Waals surface area contributed by atoms with Gasteiger partial charge in [0.05, 0.1) is 4.88 Å². The van der Waals surface area contributed by atoms with Gasteiger partial charge in [-0.2, -0.15) is 0 Å². The Hall–Kier alpha value is -4.86. The third kappa shape index (κ3) is 6.53. The Morgan fingerprint density at radius 3 is 2.26 bits per heavy atom. The van der Waals surface area contributed by atoms with Crippen molar-refractivity contribution >= 4 is 33.3 Å². The lowest BCUT2D eigenvalue weighted by Gasteiger charge is -2.17. The summed E-state index contributed by atoms with van der Waals surface area (Å²) in [4.78, 5) is 25.7. The second kappa shape index (κ2) is 11.7. The van der Waals surface area contributed by atoms with Crippen LogP contribution in [-0.4, -0.2) is 28.1 Å². The molecule has 0 saturated heterocycles. The minimum Gasteiger partial charge on any atom is -0.508 e. The molecule has 0 aliphatic heterocycles. The Balaban J connectivity index is 1.33. The minimum atomic E-state index is -1.13. The summed E-state index contributed by atoms with van der Waals surface area (Å²) in [6.07, 6.45) is 0.629. The van der Waals surface area contributed by atoms with Crippen molar-refractivity contribution in [2.75, 3.05) is 0 Å². The largest absolute Gasteiger partial charge is 0.508 e. The minimum absolute atomic E-state index is 0.0909. The van der Waals surface area contributed by atoms with E-state index in [9.17, 15) is 19.8 Å². The third-order valence-corrected chi connectivity index (χ3v) is 7.43. The maximum absolute atomic E-state index is 13.1. The molecule has 192 valence electrons. The van der Waals surface area contributed by atoms with E-state index in [1.54, 1.807) is 18.2 Å². The van der Waals surface area contributed by atoms with Crippen LogP contribution in [0.2, 0.25) is 0 Å². The van der Waals surface area contributed by atoms with Gasteiger partial charge in [0.25, 0.3) is 5.91 Å². The number of carbonyl (C=O) groups excluding carboxylic acids is 1. The van der Waals surface area contributed by atoms with Crippen molar-refractivity contribution in [2.24, 2.45) is 0 Å². The van der Waals surface area contributed by atoms with Gasteiger partial charge in [-0.05, 0) is 77.0 Å². The highest BCUT2D eigenvalue weighted by atomic mass is 32.1. The van der Waals surface area contributed by atoms with E-state index in [0.717, 1.165) is 37.9 Å². The monoisotopic (exact) mass is 531 g/mol. The Labute approximate surface area is 230 Å². The first-order chi connectivity index (χ1) is 18.9. The summed E-state index contributed by atoms with van der Waals surface area (Å²) >= 11 is 1.31. The van der Waals surface area contributed by atoms with Crippen LogP contribution in [0.4, 0.5) is 0 Å². The van der Waals surface area contributed by atoms with Crippen LogP contribution < -0.4 is 5.32 Å². The fourth-order valence-corrected chi connectivity index (χ4v) is 5.29. The van der Waals surface area contributed by atoms with Crippen molar-refractivity contribution in [3.8, 4) is 17.6 Å². The highest BCUT2D eigenvalue weighted by molar-refractivity contribution is 7.20. The van der Waals surface area contributed by atoms with Gasteiger partial charge in [-0.3, -0.25) is 4.79 Å². The Morgan fingerprint density at radius 2 is 1.51 bits per heavy atom. The number of carbonyl (C=O) groups is 2. The summed E-state index contributed by atoms with van der Waals surface area (Å²) in [5.41, 5.74) is 4.36. The van der Waals surface area contributed by atoms with Gasteiger partial charge in [-0.15, -0.1) is 11.3 Å². The highest BCUT2D eigenvalue weighted by Crippen LogP contribution is 2.27. The maximum Gasteiger partial charge on any atom is 0.326 e. The highest BCUT2D eigenvalue weighted by Gasteiger charge is 2.23. The van der Waals surface area contributed by atoms with E-state index < -0.39 is 17.9 Å². The van der Waals surface area contributed by atoms with Crippen LogP contribution in [0.5, 0.6) is 5.75 Å². The van der Waals surface area contributed by atoms with Gasteiger partial charge in [-0.1, -0.05) is 66.4 Å². The molecular weight excluding hydrogens is 506 g/mol. The second-order valence-electron chi connectivity index (χ2n) is 9.16. The molecule has 0 aliphatic carbocycles. The van der Waals surface area contributed by atoms with E-state index in [0.29, 0.717) is 11.3 Å². The van der Waals surface area contributed by atoms with Crippen molar-refractivity contribution in [2.45, 2.75) is 18.9 Å². The van der Waals surface area contributed by atoms with Crippen molar-refractivity contribution in [3.05, 3.63) is 136 Å². The number of aliphatic carboxylic acids is 1. The van der Waals surface area contributed by atoms with Gasteiger partial charge in [-0.25, -0.2) is 4.79 Å². The Morgan fingerprint density at radius 1 is 0.795 bits per heavy atom. The van der Waals surface area contributed by atoms with Crippen LogP contribution in [0.25, 0.3) is 10.1 Å². The van der Waals surface area contributed by atoms with Gasteiger partial charge in [0.2, 0.25) is 0 Å². The van der Waals surface area contributed by atoms with E-state index in [1.165, 1.54) is 17.4 Å². The first kappa shape index (κ1) is 25.8. The number of nitrogens with one attached hydrogen (secondary N) is 1. The second-order valence-corrected chi connectivity index (χ2v) is 10.2. The van der Waals surface area contributed by atoms with Crippen molar-refractivity contribution in [1.82, 2.24) is 5.32 Å². The first-order valence-corrected chi connectivity index (χ1v) is 13.3. The number of carboxylic acid groups (broad SMARTS) is 1. The van der Waals surface area contributed by atoms with E-state index in [1.807, 2.05) is 78.9 Å². The molecule has 1 aromatic heterocycles. The number of thiophene rings is 1. The summed E-state index contributed by atoms with van der Waals surface area (Å²) in [7, 11) is 0. The lowest BCUT2D eigenvalue weighted by atomic mass is 9.95. The molecule has 5 rings (SSSR count). The summed E-state index contributed by atoms with van der Waals surface area (Å²) in [6.45, 7) is 0. The van der Waals surface area contributed by atoms with Crippen LogP contribution in [0.15, 0.2) is 103 Å². The SMILES string of the molecule is O=C(N[C@@H](Cc1ccc(O)cc1Cc1ccccc1)C(=O)O)c1cc2cc(C#Cc3ccccc3)ccc2s1. The molecule has 1 atom stereocenters.